The molecule has 1 unspecified atom stereocenters. The number of fused-ring (bicyclic) bond motifs is 3. The fourth-order valence-electron chi connectivity index (χ4n) is 5.01. The van der Waals surface area contributed by atoms with Gasteiger partial charge in [-0.1, -0.05) is 18.2 Å². The molecule has 154 valence electrons. The van der Waals surface area contributed by atoms with Crippen LogP contribution in [-0.2, 0) is 0 Å². The van der Waals surface area contributed by atoms with Crippen LogP contribution in [0.4, 0.5) is 0 Å². The van der Waals surface area contributed by atoms with Gasteiger partial charge in [-0.25, -0.2) is 4.98 Å². The molecule has 0 aliphatic carbocycles. The van der Waals surface area contributed by atoms with Crippen LogP contribution >= 0.6 is 0 Å². The average molecular weight is 404 g/mol. The molecule has 2 N–H and O–H groups in total. The second-order valence-electron chi connectivity index (χ2n) is 8.27. The van der Waals surface area contributed by atoms with Crippen molar-refractivity contribution in [3.05, 3.63) is 64.6 Å². The predicted octanol–water partition coefficient (Wildman–Crippen LogP) is 2.45. The highest BCUT2D eigenvalue weighted by atomic mass is 16.3. The van der Waals surface area contributed by atoms with Crippen LogP contribution in [-0.4, -0.2) is 50.6 Å². The molecule has 2 saturated heterocycles. The molecule has 2 aliphatic heterocycles. The van der Waals surface area contributed by atoms with E-state index in [1.54, 1.807) is 30.5 Å². The topological polar surface area (TPSA) is 87.5 Å². The molecule has 5 rings (SSSR count). The molecular weight excluding hydrogens is 380 g/mol. The number of nitrogens with zero attached hydrogens (tertiary/aromatic N) is 3. The smallest absolute Gasteiger partial charge is 0.273 e. The maximum Gasteiger partial charge on any atom is 0.273 e. The highest BCUT2D eigenvalue weighted by Crippen LogP contribution is 2.34. The molecule has 2 aliphatic rings. The van der Waals surface area contributed by atoms with Crippen LogP contribution in [0.1, 0.15) is 36.0 Å². The number of amides is 1. The Morgan fingerprint density at radius 2 is 1.80 bits per heavy atom. The van der Waals surface area contributed by atoms with Gasteiger partial charge in [-0.05, 0) is 57.0 Å². The number of hydrogen-bond donors (Lipinski definition) is 2. The van der Waals surface area contributed by atoms with Gasteiger partial charge in [0.25, 0.3) is 11.5 Å². The van der Waals surface area contributed by atoms with Crippen molar-refractivity contribution in [1.82, 2.24) is 19.8 Å². The number of benzene rings is 1. The monoisotopic (exact) mass is 404 g/mol. The van der Waals surface area contributed by atoms with Gasteiger partial charge in [0.05, 0.1) is 11.1 Å². The highest BCUT2D eigenvalue weighted by molar-refractivity contribution is 6.02. The van der Waals surface area contributed by atoms with Crippen molar-refractivity contribution in [2.75, 3.05) is 7.05 Å². The quantitative estimate of drug-likeness (QED) is 0.700. The first-order valence-electron chi connectivity index (χ1n) is 10.4. The van der Waals surface area contributed by atoms with E-state index in [2.05, 4.69) is 22.2 Å². The number of aromatic hydroxyl groups is 1. The first kappa shape index (κ1) is 18.8. The summed E-state index contributed by atoms with van der Waals surface area (Å²) >= 11 is 0. The molecule has 2 bridgehead atoms. The van der Waals surface area contributed by atoms with E-state index < -0.39 is 11.5 Å². The Kier molecular flexibility index (Phi) is 4.55. The van der Waals surface area contributed by atoms with Crippen molar-refractivity contribution in [1.29, 1.82) is 0 Å². The first-order chi connectivity index (χ1) is 14.5. The largest absolute Gasteiger partial charge is 0.506 e. The van der Waals surface area contributed by atoms with E-state index in [0.29, 0.717) is 28.8 Å². The molecule has 30 heavy (non-hydrogen) atoms. The zero-order valence-corrected chi connectivity index (χ0v) is 16.8. The van der Waals surface area contributed by atoms with Crippen LogP contribution in [0.2, 0.25) is 0 Å². The second kappa shape index (κ2) is 7.25. The van der Waals surface area contributed by atoms with Crippen LogP contribution in [0.25, 0.3) is 16.7 Å². The standard InChI is InChI=1S/C23H24N4O3/c1-26-16-9-10-17(26)13-14(12-16)25-22(29)19-20(28)18-8-5-11-24-21(18)27(23(19)30)15-6-3-2-4-7-15/h2-8,11,14,16-17,28H,9-10,12-13H2,1H3,(H,25,29)/t14?,16-,17+. The lowest BCUT2D eigenvalue weighted by molar-refractivity contribution is 0.0878. The van der Waals surface area contributed by atoms with Crippen molar-refractivity contribution in [3.63, 3.8) is 0 Å². The molecule has 3 atom stereocenters. The Labute approximate surface area is 174 Å². The van der Waals surface area contributed by atoms with Crippen molar-refractivity contribution >= 4 is 16.9 Å². The normalized spacial score (nSPS) is 23.6. The fourth-order valence-corrected chi connectivity index (χ4v) is 5.01. The minimum atomic E-state index is -0.571. The third-order valence-electron chi connectivity index (χ3n) is 6.58. The van der Waals surface area contributed by atoms with Gasteiger partial charge in [0.1, 0.15) is 11.3 Å². The molecule has 2 fully saturated rings. The minimum Gasteiger partial charge on any atom is -0.506 e. The van der Waals surface area contributed by atoms with E-state index in [1.165, 1.54) is 4.57 Å². The van der Waals surface area contributed by atoms with Crippen LogP contribution in [0, 0.1) is 0 Å². The molecule has 1 aromatic carbocycles. The summed E-state index contributed by atoms with van der Waals surface area (Å²) in [4.78, 5) is 33.2. The van der Waals surface area contributed by atoms with E-state index in [9.17, 15) is 14.7 Å². The number of aromatic nitrogens is 2. The first-order valence-corrected chi connectivity index (χ1v) is 10.4. The maximum absolute atomic E-state index is 13.4. The van der Waals surface area contributed by atoms with Gasteiger partial charge >= 0.3 is 0 Å². The van der Waals surface area contributed by atoms with Crippen molar-refractivity contribution in [2.24, 2.45) is 0 Å². The Balaban J connectivity index is 1.58. The number of hydrogen-bond acceptors (Lipinski definition) is 5. The summed E-state index contributed by atoms with van der Waals surface area (Å²) in [5.41, 5.74) is 0.113. The third kappa shape index (κ3) is 2.97. The summed E-state index contributed by atoms with van der Waals surface area (Å²) in [5.74, 6) is -0.842. The van der Waals surface area contributed by atoms with Crippen molar-refractivity contribution < 1.29 is 9.90 Å². The molecule has 0 spiro atoms. The summed E-state index contributed by atoms with van der Waals surface area (Å²) in [6.45, 7) is 0. The van der Waals surface area contributed by atoms with E-state index in [4.69, 9.17) is 0 Å². The van der Waals surface area contributed by atoms with E-state index in [1.807, 2.05) is 18.2 Å². The summed E-state index contributed by atoms with van der Waals surface area (Å²) in [6, 6.07) is 13.3. The minimum absolute atomic E-state index is 0.000212. The van der Waals surface area contributed by atoms with Gasteiger partial charge in [-0.3, -0.25) is 14.2 Å². The van der Waals surface area contributed by atoms with Crippen molar-refractivity contribution in [2.45, 2.75) is 43.8 Å². The van der Waals surface area contributed by atoms with Crippen LogP contribution in [0.5, 0.6) is 5.75 Å². The fraction of sp³-hybridized carbons (Fsp3) is 0.348. The van der Waals surface area contributed by atoms with E-state index >= 15 is 0 Å². The van der Waals surface area contributed by atoms with Crippen LogP contribution < -0.4 is 10.9 Å². The number of carbonyl (C=O) groups excluding carboxylic acids is 1. The van der Waals surface area contributed by atoms with Gasteiger partial charge < -0.3 is 15.3 Å². The summed E-state index contributed by atoms with van der Waals surface area (Å²) in [5, 5.41) is 14.2. The number of pyridine rings is 2. The molecule has 7 nitrogen and oxygen atoms in total. The molecule has 4 heterocycles. The van der Waals surface area contributed by atoms with E-state index in [0.717, 1.165) is 25.7 Å². The van der Waals surface area contributed by atoms with Gasteiger partial charge in [0.2, 0.25) is 0 Å². The molecule has 0 saturated carbocycles. The number of para-hydroxylation sites is 1. The lowest BCUT2D eigenvalue weighted by Gasteiger charge is -2.36. The molecule has 1 amide bonds. The van der Waals surface area contributed by atoms with Gasteiger partial charge in [0, 0.05) is 24.3 Å². The number of piperidine rings is 1. The third-order valence-corrected chi connectivity index (χ3v) is 6.58. The molecule has 3 aromatic rings. The van der Waals surface area contributed by atoms with E-state index in [-0.39, 0.29) is 17.4 Å². The molecule has 7 heteroatoms. The lowest BCUT2D eigenvalue weighted by atomic mass is 9.97. The Bertz CT molecular complexity index is 1160. The number of nitrogens with one attached hydrogen (secondary N) is 1. The Morgan fingerprint density at radius 3 is 2.50 bits per heavy atom. The van der Waals surface area contributed by atoms with Crippen LogP contribution in [0.3, 0.4) is 0 Å². The summed E-state index contributed by atoms with van der Waals surface area (Å²) in [7, 11) is 2.14. The highest BCUT2D eigenvalue weighted by Gasteiger charge is 2.39. The predicted molar refractivity (Wildman–Crippen MR) is 114 cm³/mol. The Hall–Kier alpha value is -3.19. The lowest BCUT2D eigenvalue weighted by Crippen LogP contribution is -2.49. The van der Waals surface area contributed by atoms with Crippen LogP contribution in [0.15, 0.2) is 53.5 Å². The zero-order valence-electron chi connectivity index (χ0n) is 16.8. The van der Waals surface area contributed by atoms with Gasteiger partial charge in [0.15, 0.2) is 5.65 Å². The summed E-state index contributed by atoms with van der Waals surface area (Å²) < 4.78 is 1.39. The Morgan fingerprint density at radius 1 is 1.10 bits per heavy atom. The summed E-state index contributed by atoms with van der Waals surface area (Å²) in [6.07, 6.45) is 5.57. The molecular formula is C23H24N4O3. The maximum atomic E-state index is 13.4. The second-order valence-corrected chi connectivity index (χ2v) is 8.27. The van der Waals surface area contributed by atoms with Crippen molar-refractivity contribution in [3.8, 4) is 11.4 Å². The zero-order chi connectivity index (χ0) is 20.8. The number of carbonyl (C=O) groups is 1. The average Bonchev–Trinajstić information content (AvgIpc) is 2.95. The van der Waals surface area contributed by atoms with Gasteiger partial charge in [-0.15, -0.1) is 0 Å². The molecule has 2 aromatic heterocycles. The molecule has 0 radical (unpaired) electrons. The number of rotatable bonds is 3. The van der Waals surface area contributed by atoms with Gasteiger partial charge in [-0.2, -0.15) is 0 Å². The SMILES string of the molecule is CN1[C@@H]2CC[C@H]1CC(NC(=O)c1c(O)c3cccnc3n(-c3ccccc3)c1=O)C2.